The summed E-state index contributed by atoms with van der Waals surface area (Å²) in [7, 11) is 0. The molecule has 0 saturated carbocycles. The molecule has 0 aromatic rings. The predicted octanol–water partition coefficient (Wildman–Crippen LogP) is 0.537. The molecule has 0 bridgehead atoms. The Morgan fingerprint density at radius 1 is 1.39 bits per heavy atom. The molecule has 2 saturated heterocycles. The highest BCUT2D eigenvalue weighted by Gasteiger charge is 2.39. The number of carbonyl (C=O) groups excluding carboxylic acids is 2. The van der Waals surface area contributed by atoms with Gasteiger partial charge >= 0.3 is 0 Å². The lowest BCUT2D eigenvalue weighted by atomic mass is 9.98. The minimum absolute atomic E-state index is 0.0451. The number of piperazine rings is 1. The summed E-state index contributed by atoms with van der Waals surface area (Å²) in [6.07, 6.45) is 1.79. The lowest BCUT2D eigenvalue weighted by Crippen LogP contribution is -2.63. The Bertz CT molecular complexity index is 345. The molecule has 4 atom stereocenters. The van der Waals surface area contributed by atoms with Gasteiger partial charge in [0.2, 0.25) is 11.8 Å². The fourth-order valence-corrected chi connectivity index (χ4v) is 2.68. The van der Waals surface area contributed by atoms with Gasteiger partial charge in [-0.25, -0.2) is 0 Å². The van der Waals surface area contributed by atoms with Crippen LogP contribution < -0.4 is 5.32 Å². The zero-order valence-electron chi connectivity index (χ0n) is 11.3. The largest absolute Gasteiger partial charge is 0.378 e. The second kappa shape index (κ2) is 5.26. The summed E-state index contributed by atoms with van der Waals surface area (Å²) >= 11 is 0. The van der Waals surface area contributed by atoms with E-state index >= 15 is 0 Å². The summed E-state index contributed by atoms with van der Waals surface area (Å²) in [4.78, 5) is 25.8. The first-order valence-electron chi connectivity index (χ1n) is 6.77. The van der Waals surface area contributed by atoms with Crippen molar-refractivity contribution in [3.8, 4) is 0 Å². The number of amides is 2. The number of hydrogen-bond acceptors (Lipinski definition) is 3. The fraction of sp³-hybridized carbons (Fsp3) is 0.846. The van der Waals surface area contributed by atoms with Crippen molar-refractivity contribution < 1.29 is 14.3 Å². The second-order valence-corrected chi connectivity index (χ2v) is 5.26. The van der Waals surface area contributed by atoms with Crippen molar-refractivity contribution in [3.63, 3.8) is 0 Å². The van der Waals surface area contributed by atoms with E-state index in [0.717, 1.165) is 13.0 Å². The van der Waals surface area contributed by atoms with E-state index in [9.17, 15) is 9.59 Å². The SMILES string of the molecule is CCC1NC(=O)C(C)N(CC2CCOC2C)C1=O. The van der Waals surface area contributed by atoms with E-state index < -0.39 is 0 Å². The van der Waals surface area contributed by atoms with Gasteiger partial charge in [-0.1, -0.05) is 6.92 Å². The number of nitrogens with one attached hydrogen (secondary N) is 1. The van der Waals surface area contributed by atoms with Crippen LogP contribution in [-0.4, -0.2) is 48.1 Å². The van der Waals surface area contributed by atoms with Crippen LogP contribution in [0.2, 0.25) is 0 Å². The molecule has 102 valence electrons. The molecule has 2 amide bonds. The quantitative estimate of drug-likeness (QED) is 0.799. The molecule has 18 heavy (non-hydrogen) atoms. The summed E-state index contributed by atoms with van der Waals surface area (Å²) in [5, 5.41) is 2.77. The zero-order valence-corrected chi connectivity index (χ0v) is 11.3. The average Bonchev–Trinajstić information content (AvgIpc) is 2.75. The summed E-state index contributed by atoms with van der Waals surface area (Å²) < 4.78 is 5.52. The van der Waals surface area contributed by atoms with Crippen LogP contribution in [-0.2, 0) is 14.3 Å². The van der Waals surface area contributed by atoms with Gasteiger partial charge in [-0.3, -0.25) is 9.59 Å². The Labute approximate surface area is 108 Å². The van der Waals surface area contributed by atoms with E-state index in [1.54, 1.807) is 11.8 Å². The van der Waals surface area contributed by atoms with Crippen LogP contribution in [0.15, 0.2) is 0 Å². The van der Waals surface area contributed by atoms with E-state index in [-0.39, 0.29) is 30.0 Å². The van der Waals surface area contributed by atoms with Crippen LogP contribution >= 0.6 is 0 Å². The molecular weight excluding hydrogens is 232 g/mol. The molecule has 2 fully saturated rings. The molecule has 1 N–H and O–H groups in total. The molecule has 2 heterocycles. The first-order chi connectivity index (χ1) is 8.54. The van der Waals surface area contributed by atoms with Crippen LogP contribution in [0.3, 0.4) is 0 Å². The van der Waals surface area contributed by atoms with E-state index in [2.05, 4.69) is 5.32 Å². The summed E-state index contributed by atoms with van der Waals surface area (Å²) in [6, 6.07) is -0.723. The van der Waals surface area contributed by atoms with E-state index in [1.807, 2.05) is 13.8 Å². The molecule has 2 aliphatic heterocycles. The first kappa shape index (κ1) is 13.3. The van der Waals surface area contributed by atoms with Crippen molar-refractivity contribution in [3.05, 3.63) is 0 Å². The highest BCUT2D eigenvalue weighted by molar-refractivity contribution is 5.96. The Balaban J connectivity index is 2.08. The predicted molar refractivity (Wildman–Crippen MR) is 66.9 cm³/mol. The number of ether oxygens (including phenoxy) is 1. The summed E-state index contributed by atoms with van der Waals surface area (Å²) in [5.41, 5.74) is 0. The number of nitrogens with zero attached hydrogens (tertiary/aromatic N) is 1. The number of rotatable bonds is 3. The van der Waals surface area contributed by atoms with Gasteiger partial charge in [0, 0.05) is 19.1 Å². The third-order valence-electron chi connectivity index (χ3n) is 4.12. The Hall–Kier alpha value is -1.10. The van der Waals surface area contributed by atoms with Crippen molar-refractivity contribution in [1.29, 1.82) is 0 Å². The maximum atomic E-state index is 12.3. The van der Waals surface area contributed by atoms with Crippen molar-refractivity contribution in [2.45, 2.75) is 51.8 Å². The van der Waals surface area contributed by atoms with Gasteiger partial charge in [0.15, 0.2) is 0 Å². The molecule has 0 radical (unpaired) electrons. The molecule has 5 heteroatoms. The van der Waals surface area contributed by atoms with Gasteiger partial charge in [-0.2, -0.15) is 0 Å². The Kier molecular flexibility index (Phi) is 3.90. The topological polar surface area (TPSA) is 58.6 Å². The first-order valence-corrected chi connectivity index (χ1v) is 6.77. The van der Waals surface area contributed by atoms with Crippen LogP contribution in [0.5, 0.6) is 0 Å². The maximum Gasteiger partial charge on any atom is 0.245 e. The van der Waals surface area contributed by atoms with Crippen LogP contribution in [0.1, 0.15) is 33.6 Å². The molecule has 4 unspecified atom stereocenters. The van der Waals surface area contributed by atoms with Crippen molar-refractivity contribution in [2.24, 2.45) is 5.92 Å². The van der Waals surface area contributed by atoms with E-state index in [0.29, 0.717) is 18.9 Å². The van der Waals surface area contributed by atoms with Crippen molar-refractivity contribution >= 4 is 11.8 Å². The molecule has 0 spiro atoms. The average molecular weight is 254 g/mol. The Morgan fingerprint density at radius 2 is 2.11 bits per heavy atom. The van der Waals surface area contributed by atoms with Crippen LogP contribution in [0, 0.1) is 5.92 Å². The molecule has 2 rings (SSSR count). The minimum Gasteiger partial charge on any atom is -0.378 e. The molecule has 5 nitrogen and oxygen atoms in total. The Morgan fingerprint density at radius 3 is 2.67 bits per heavy atom. The van der Waals surface area contributed by atoms with Crippen molar-refractivity contribution in [1.82, 2.24) is 10.2 Å². The second-order valence-electron chi connectivity index (χ2n) is 5.26. The van der Waals surface area contributed by atoms with E-state index in [1.165, 1.54) is 0 Å². The number of carbonyl (C=O) groups is 2. The van der Waals surface area contributed by atoms with Crippen LogP contribution in [0.25, 0.3) is 0 Å². The zero-order chi connectivity index (χ0) is 13.3. The van der Waals surface area contributed by atoms with Crippen LogP contribution in [0.4, 0.5) is 0 Å². The fourth-order valence-electron chi connectivity index (χ4n) is 2.68. The third kappa shape index (κ3) is 2.36. The summed E-state index contributed by atoms with van der Waals surface area (Å²) in [5.74, 6) is 0.344. The molecule has 2 aliphatic rings. The molecule has 0 aromatic heterocycles. The number of hydrogen-bond donors (Lipinski definition) is 1. The lowest BCUT2D eigenvalue weighted by molar-refractivity contribution is -0.149. The van der Waals surface area contributed by atoms with E-state index in [4.69, 9.17) is 4.74 Å². The van der Waals surface area contributed by atoms with Gasteiger partial charge in [-0.15, -0.1) is 0 Å². The van der Waals surface area contributed by atoms with Gasteiger partial charge < -0.3 is 15.0 Å². The highest BCUT2D eigenvalue weighted by atomic mass is 16.5. The van der Waals surface area contributed by atoms with Gasteiger partial charge in [0.1, 0.15) is 12.1 Å². The maximum absolute atomic E-state index is 12.3. The van der Waals surface area contributed by atoms with Gasteiger partial charge in [0.05, 0.1) is 6.10 Å². The standard InChI is InChI=1S/C13H22N2O3/c1-4-11-13(17)15(8(2)12(16)14-11)7-10-5-6-18-9(10)3/h8-11H,4-7H2,1-3H3,(H,14,16). The summed E-state index contributed by atoms with van der Waals surface area (Å²) in [6.45, 7) is 7.13. The third-order valence-corrected chi connectivity index (χ3v) is 4.12. The smallest absolute Gasteiger partial charge is 0.245 e. The molecule has 0 aliphatic carbocycles. The lowest BCUT2D eigenvalue weighted by Gasteiger charge is -2.38. The van der Waals surface area contributed by atoms with Crippen molar-refractivity contribution in [2.75, 3.05) is 13.2 Å². The van der Waals surface area contributed by atoms with Gasteiger partial charge in [-0.05, 0) is 26.7 Å². The highest BCUT2D eigenvalue weighted by Crippen LogP contribution is 2.24. The normalized spacial score (nSPS) is 36.9. The molecular formula is C13H22N2O3. The minimum atomic E-state index is -0.368. The molecule has 0 aromatic carbocycles. The van der Waals surface area contributed by atoms with Gasteiger partial charge in [0.25, 0.3) is 0 Å². The monoisotopic (exact) mass is 254 g/mol.